The average Bonchev–Trinajstić information content (AvgIpc) is 1.70. The van der Waals surface area contributed by atoms with Gasteiger partial charge in [-0.1, -0.05) is 200 Å². The van der Waals surface area contributed by atoms with E-state index >= 15 is 0 Å². The van der Waals surface area contributed by atoms with E-state index in [0.717, 1.165) is 24.5 Å². The number of nitrogens with zero attached hydrogens (tertiary/aromatic N) is 7. The number of H-pyrrole nitrogens is 2. The van der Waals surface area contributed by atoms with Crippen LogP contribution >= 0.6 is 38.8 Å². The van der Waals surface area contributed by atoms with E-state index in [1.54, 1.807) is 0 Å². The summed E-state index contributed by atoms with van der Waals surface area (Å²) in [5, 5.41) is 40.7. The molecule has 0 aromatic carbocycles. The fourth-order valence-corrected chi connectivity index (χ4v) is 18.4. The van der Waals surface area contributed by atoms with E-state index in [9.17, 15) is 82.0 Å². The number of rotatable bonds is 61. The van der Waals surface area contributed by atoms with Gasteiger partial charge in [-0.05, 0) is 194 Å². The molecule has 4 rings (SSSR count). The minimum Gasteiger partial charge on any atom is -0.387 e. The Kier molecular flexibility index (Phi) is 69.7. The Balaban J connectivity index is 0. The van der Waals surface area contributed by atoms with E-state index in [0.29, 0.717) is 9.13 Å². The lowest BCUT2D eigenvalue weighted by Gasteiger charge is -2.23. The SMILES string of the molecule is CCCCN(CCCC)CCCC.CCCCN(CCCC)CCCC.CCCCN(CCCC)CCCC.CCCCN(CCCC)CCCC.CCCCN(CCCC)CCCC.[B]P(=O)(OP(=O)(O)OP(=O)(O)OCC1OC(n2ccc(=O)[nH]c2=O)C(O)C1O)OP(=O)(O)OP(=O)(O)OCC1OC(n2ccc(=O)[nH]c2=O)C(O)C1O. The highest BCUT2D eigenvalue weighted by atomic mass is 31.3. The van der Waals surface area contributed by atoms with Gasteiger partial charge in [-0.3, -0.25) is 42.3 Å². The van der Waals surface area contributed by atoms with Gasteiger partial charge in [0.25, 0.3) is 18.6 Å². The van der Waals surface area contributed by atoms with Crippen molar-refractivity contribution in [2.75, 3.05) is 111 Å². The first-order chi connectivity index (χ1) is 55.9. The number of aromatic nitrogens is 4. The third-order valence-corrected chi connectivity index (χ3v) is 26.7. The molecule has 0 bridgehead atoms. The molecule has 2 aliphatic rings. The Labute approximate surface area is 708 Å². The molecule has 0 amide bonds. The summed E-state index contributed by atoms with van der Waals surface area (Å²) in [5.41, 5.74) is -3.84. The molecule has 2 saturated heterocycles. The Bertz CT molecular complexity index is 2920. The van der Waals surface area contributed by atoms with Gasteiger partial charge >= 0.3 is 42.7 Å². The molecular formula is C78H161BN9O25P5. The number of phosphoric acid groups is 4. The summed E-state index contributed by atoms with van der Waals surface area (Å²) < 4.78 is 97.0. The van der Waals surface area contributed by atoms with Gasteiger partial charge < -0.3 is 74.0 Å². The molecule has 2 aliphatic heterocycles. The van der Waals surface area contributed by atoms with E-state index < -0.39 is 124 Å². The summed E-state index contributed by atoms with van der Waals surface area (Å²) in [6, 6.07) is 1.70. The molecule has 696 valence electrons. The van der Waals surface area contributed by atoms with Crippen LogP contribution in [0.2, 0.25) is 0 Å². The van der Waals surface area contributed by atoms with Crippen LogP contribution in [0, 0.1) is 0 Å². The van der Waals surface area contributed by atoms with Crippen LogP contribution in [-0.4, -0.2) is 239 Å². The monoisotopic (exact) mass is 1790 g/mol. The third-order valence-electron chi connectivity index (χ3n) is 19.0. The molecule has 10 N–H and O–H groups in total. The molecule has 12 atom stereocenters. The van der Waals surface area contributed by atoms with Gasteiger partial charge in [0.2, 0.25) is 7.57 Å². The Morgan fingerprint density at radius 1 is 0.331 bits per heavy atom. The average molecular weight is 1790 g/mol. The zero-order valence-electron chi connectivity index (χ0n) is 74.6. The first-order valence-electron chi connectivity index (χ1n) is 44.1. The van der Waals surface area contributed by atoms with Crippen molar-refractivity contribution in [2.24, 2.45) is 0 Å². The molecular weight excluding hydrogens is 1630 g/mol. The van der Waals surface area contributed by atoms with Crippen LogP contribution in [0.3, 0.4) is 0 Å². The van der Waals surface area contributed by atoms with Crippen molar-refractivity contribution in [1.29, 1.82) is 0 Å². The third kappa shape index (κ3) is 56.7. The summed E-state index contributed by atoms with van der Waals surface area (Å²) >= 11 is 0. The van der Waals surface area contributed by atoms with Crippen LogP contribution in [0.4, 0.5) is 0 Å². The van der Waals surface area contributed by atoms with E-state index in [-0.39, 0.29) is 0 Å². The van der Waals surface area contributed by atoms with Crippen molar-refractivity contribution in [3.05, 3.63) is 66.2 Å². The van der Waals surface area contributed by atoms with Gasteiger partial charge in [0, 0.05) is 24.5 Å². The maximum Gasteiger partial charge on any atom is 0.487 e. The number of phosphoric ester groups is 2. The largest absolute Gasteiger partial charge is 0.487 e. The zero-order chi connectivity index (χ0) is 89.6. The number of hydrogen-bond donors (Lipinski definition) is 10. The Hall–Kier alpha value is -2.27. The standard InChI is InChI=1S/C18H26BN4O25P5.5C12H27N/c19-49(32,45-52(37,38)47-50(33,34)41-5-7-11(26)13(28)15(43-7)22-3-1-9(24)20-17(22)30)46-53(39,40)48-51(35,36)42-6-8-12(27)14(29)16(44-8)23-4-2-10(25)21-18(23)31;5*1-4-7-10-13(11-8-5-2)12-9-6-3/h1-4,7-8,11-16,26-29H,5-6H2,(H,33,34)(H,35,36)(H,37,38)(H,39,40)(H,20,24,30)(H,21,25,31);5*4-12H2,1-3H3. The molecule has 4 heterocycles. The van der Waals surface area contributed by atoms with E-state index in [4.69, 9.17) is 17.0 Å². The minimum absolute atomic E-state index is 0.626. The van der Waals surface area contributed by atoms with Crippen LogP contribution in [0.25, 0.3) is 0 Å². The van der Waals surface area contributed by atoms with Crippen molar-refractivity contribution in [2.45, 2.75) is 346 Å². The van der Waals surface area contributed by atoms with Crippen molar-refractivity contribution in [1.82, 2.24) is 43.6 Å². The summed E-state index contributed by atoms with van der Waals surface area (Å²) in [6.07, 6.45) is 27.6. The number of hydrogen-bond acceptors (Lipinski definition) is 26. The normalized spacial score (nSPS) is 20.4. The van der Waals surface area contributed by atoms with Gasteiger partial charge in [-0.25, -0.2) is 36.5 Å². The number of ether oxygens (including phenoxy) is 2. The predicted octanol–water partition coefficient (Wildman–Crippen LogP) is 14.5. The van der Waals surface area contributed by atoms with Crippen LogP contribution in [0.5, 0.6) is 0 Å². The molecule has 40 heteroatoms. The molecule has 34 nitrogen and oxygen atoms in total. The predicted molar refractivity (Wildman–Crippen MR) is 469 cm³/mol. The summed E-state index contributed by atoms with van der Waals surface area (Å²) in [7, 11) is -25.3. The molecule has 12 unspecified atom stereocenters. The maximum absolute atomic E-state index is 12.4. The lowest BCUT2D eigenvalue weighted by molar-refractivity contribution is -0.0542. The van der Waals surface area contributed by atoms with Crippen molar-refractivity contribution in [3.63, 3.8) is 0 Å². The van der Waals surface area contributed by atoms with Gasteiger partial charge in [0.15, 0.2) is 12.5 Å². The molecule has 118 heavy (non-hydrogen) atoms. The number of unbranched alkanes of at least 4 members (excludes halogenated alkanes) is 15. The van der Waals surface area contributed by atoms with E-state index in [2.05, 4.69) is 155 Å². The van der Waals surface area contributed by atoms with Crippen LogP contribution in [0.1, 0.15) is 309 Å². The minimum atomic E-state index is -6.26. The second-order valence-electron chi connectivity index (χ2n) is 30.0. The molecule has 2 radical (unpaired) electrons. The van der Waals surface area contributed by atoms with Crippen LogP contribution in [0.15, 0.2) is 43.7 Å². The highest BCUT2D eigenvalue weighted by Gasteiger charge is 2.50. The van der Waals surface area contributed by atoms with Gasteiger partial charge in [0.05, 0.1) is 13.2 Å². The first-order valence-corrected chi connectivity index (χ1v) is 51.7. The smallest absolute Gasteiger partial charge is 0.387 e. The lowest BCUT2D eigenvalue weighted by atomic mass is 10.1. The van der Waals surface area contributed by atoms with Crippen LogP contribution < -0.4 is 22.5 Å². The highest BCUT2D eigenvalue weighted by molar-refractivity contribution is 7.87. The highest BCUT2D eigenvalue weighted by Crippen LogP contribution is 2.73. The van der Waals surface area contributed by atoms with Gasteiger partial charge in [-0.2, -0.15) is 8.62 Å². The molecule has 0 aliphatic carbocycles. The lowest BCUT2D eigenvalue weighted by Crippen LogP contribution is -2.37. The van der Waals surface area contributed by atoms with Crippen molar-refractivity contribution in [3.8, 4) is 0 Å². The number of aliphatic hydroxyl groups excluding tert-OH is 4. The second-order valence-corrected chi connectivity index (χ2v) is 37.9. The quantitative estimate of drug-likeness (QED) is 0.0217. The molecule has 2 aromatic rings. The summed E-state index contributed by atoms with van der Waals surface area (Å²) in [4.78, 5) is 103. The second kappa shape index (κ2) is 69.9. The molecule has 0 spiro atoms. The summed E-state index contributed by atoms with van der Waals surface area (Å²) in [5.74, 6) is 0. The fourth-order valence-electron chi connectivity index (χ4n) is 11.8. The van der Waals surface area contributed by atoms with Gasteiger partial charge in [-0.15, -0.1) is 0 Å². The Morgan fingerprint density at radius 2 is 0.517 bits per heavy atom. The van der Waals surface area contributed by atoms with E-state index in [1.807, 2.05) is 9.97 Å². The first kappa shape index (κ1) is 118. The van der Waals surface area contributed by atoms with Gasteiger partial charge in [0.1, 0.15) is 36.6 Å². The molecule has 2 aromatic heterocycles. The fraction of sp³-hybridized carbons (Fsp3) is 0.897. The topological polar surface area (TPSA) is 447 Å². The van der Waals surface area contributed by atoms with Crippen LogP contribution in [-0.2, 0) is 58.6 Å². The van der Waals surface area contributed by atoms with E-state index in [1.165, 1.54) is 291 Å². The molecule has 2 fully saturated rings. The van der Waals surface area contributed by atoms with Crippen molar-refractivity contribution < 1.29 is 98.6 Å². The Morgan fingerprint density at radius 3 is 0.686 bits per heavy atom. The number of aromatic amines is 2. The van der Waals surface area contributed by atoms with Crippen molar-refractivity contribution >= 4 is 46.3 Å². The number of aliphatic hydroxyl groups is 4. The maximum atomic E-state index is 12.4. The summed E-state index contributed by atoms with van der Waals surface area (Å²) in [6.45, 7) is 51.4. The zero-order valence-corrected chi connectivity index (χ0v) is 79.1. The molecule has 0 saturated carbocycles. The number of nitrogens with one attached hydrogen (secondary N) is 2.